The molecule has 0 unspecified atom stereocenters. The van der Waals surface area contributed by atoms with Crippen LogP contribution in [-0.4, -0.2) is 10.4 Å². The van der Waals surface area contributed by atoms with Gasteiger partial charge in [0.05, 0.1) is 0 Å². The van der Waals surface area contributed by atoms with Crippen LogP contribution in [-0.2, 0) is 10.5 Å². The molecule has 0 saturated heterocycles. The van der Waals surface area contributed by atoms with E-state index in [-0.39, 0.29) is 0 Å². The van der Waals surface area contributed by atoms with Crippen LogP contribution < -0.4 is 0 Å². The lowest BCUT2D eigenvalue weighted by molar-refractivity contribution is -0.318. The van der Waals surface area contributed by atoms with Crippen LogP contribution in [0.3, 0.4) is 0 Å². The summed E-state index contributed by atoms with van der Waals surface area (Å²) in [5.74, 6) is 0.376. The molecule has 0 fully saturated rings. The van der Waals surface area contributed by atoms with E-state index in [1.54, 1.807) is 6.07 Å². The Hall–Kier alpha value is -1.84. The Balaban J connectivity index is 0.000000204. The fraction of sp³-hybridized carbons (Fsp3) is 0.294. The minimum absolute atomic E-state index is 0.376. The SMILES string of the molecule is CC(C)(OO)c1ccccc1.Cc1ccc(O)c(C)c1. The van der Waals surface area contributed by atoms with Gasteiger partial charge in [-0.1, -0.05) is 48.0 Å². The summed E-state index contributed by atoms with van der Waals surface area (Å²) in [6.07, 6.45) is 0. The minimum Gasteiger partial charge on any atom is -0.508 e. The van der Waals surface area contributed by atoms with Gasteiger partial charge in [-0.2, -0.15) is 0 Å². The monoisotopic (exact) mass is 274 g/mol. The van der Waals surface area contributed by atoms with Crippen molar-refractivity contribution in [2.24, 2.45) is 0 Å². The van der Waals surface area contributed by atoms with Gasteiger partial charge in [0.1, 0.15) is 11.4 Å². The highest BCUT2D eigenvalue weighted by Gasteiger charge is 2.20. The lowest BCUT2D eigenvalue weighted by atomic mass is 9.99. The summed E-state index contributed by atoms with van der Waals surface area (Å²) >= 11 is 0. The molecule has 0 atom stereocenters. The third-order valence-corrected chi connectivity index (χ3v) is 3.05. The molecule has 2 rings (SSSR count). The molecule has 2 N–H and O–H groups in total. The van der Waals surface area contributed by atoms with Gasteiger partial charge in [0, 0.05) is 0 Å². The number of rotatable bonds is 2. The number of hydrogen-bond donors (Lipinski definition) is 2. The van der Waals surface area contributed by atoms with E-state index in [4.69, 9.17) is 10.4 Å². The van der Waals surface area contributed by atoms with Gasteiger partial charge in [-0.05, 0) is 44.9 Å². The molecule has 108 valence electrons. The van der Waals surface area contributed by atoms with Crippen LogP contribution in [0.5, 0.6) is 5.75 Å². The smallest absolute Gasteiger partial charge is 0.123 e. The van der Waals surface area contributed by atoms with Gasteiger partial charge in [0.25, 0.3) is 0 Å². The van der Waals surface area contributed by atoms with Crippen molar-refractivity contribution in [3.05, 3.63) is 65.2 Å². The lowest BCUT2D eigenvalue weighted by Crippen LogP contribution is -2.19. The lowest BCUT2D eigenvalue weighted by Gasteiger charge is -2.20. The van der Waals surface area contributed by atoms with E-state index >= 15 is 0 Å². The number of phenols is 1. The summed E-state index contributed by atoms with van der Waals surface area (Å²) in [6.45, 7) is 7.51. The third-order valence-electron chi connectivity index (χ3n) is 3.05. The quantitative estimate of drug-likeness (QED) is 0.629. The van der Waals surface area contributed by atoms with Gasteiger partial charge >= 0.3 is 0 Å². The van der Waals surface area contributed by atoms with Gasteiger partial charge in [-0.15, -0.1) is 0 Å². The molecule has 20 heavy (non-hydrogen) atoms. The zero-order valence-electron chi connectivity index (χ0n) is 12.4. The Morgan fingerprint density at radius 2 is 1.55 bits per heavy atom. The van der Waals surface area contributed by atoms with Gasteiger partial charge in [0.15, 0.2) is 0 Å². The molecule has 0 aromatic heterocycles. The van der Waals surface area contributed by atoms with Crippen molar-refractivity contribution in [3.8, 4) is 5.75 Å². The molecule has 0 radical (unpaired) electrons. The van der Waals surface area contributed by atoms with E-state index in [1.165, 1.54) is 5.56 Å². The third kappa shape index (κ3) is 4.68. The predicted octanol–water partition coefficient (Wildman–Crippen LogP) is 4.42. The Morgan fingerprint density at radius 1 is 0.950 bits per heavy atom. The highest BCUT2D eigenvalue weighted by Crippen LogP contribution is 2.22. The van der Waals surface area contributed by atoms with Gasteiger partial charge in [-0.25, -0.2) is 4.89 Å². The van der Waals surface area contributed by atoms with Crippen LogP contribution in [0.2, 0.25) is 0 Å². The second kappa shape index (κ2) is 7.08. The summed E-state index contributed by atoms with van der Waals surface area (Å²) < 4.78 is 0. The first-order chi connectivity index (χ1) is 9.36. The van der Waals surface area contributed by atoms with E-state index in [1.807, 2.05) is 70.2 Å². The van der Waals surface area contributed by atoms with E-state index < -0.39 is 5.60 Å². The second-order valence-corrected chi connectivity index (χ2v) is 5.26. The van der Waals surface area contributed by atoms with Crippen LogP contribution in [0.1, 0.15) is 30.5 Å². The maximum atomic E-state index is 9.04. The van der Waals surface area contributed by atoms with Crippen molar-refractivity contribution >= 4 is 0 Å². The van der Waals surface area contributed by atoms with E-state index in [0.29, 0.717) is 5.75 Å². The van der Waals surface area contributed by atoms with Gasteiger partial charge < -0.3 is 5.11 Å². The zero-order valence-corrected chi connectivity index (χ0v) is 12.4. The fourth-order valence-corrected chi connectivity index (χ4v) is 1.70. The number of hydrogen-bond acceptors (Lipinski definition) is 3. The molecule has 0 amide bonds. The zero-order chi connectivity index (χ0) is 15.2. The molecule has 0 spiro atoms. The molecule has 3 heteroatoms. The van der Waals surface area contributed by atoms with E-state index in [9.17, 15) is 0 Å². The Morgan fingerprint density at radius 3 is 2.00 bits per heavy atom. The maximum Gasteiger partial charge on any atom is 0.123 e. The molecule has 0 heterocycles. The Bertz CT molecular complexity index is 533. The summed E-state index contributed by atoms with van der Waals surface area (Å²) in [4.78, 5) is 4.32. The van der Waals surface area contributed by atoms with Crippen LogP contribution in [0.4, 0.5) is 0 Å². The largest absolute Gasteiger partial charge is 0.508 e. The van der Waals surface area contributed by atoms with E-state index in [0.717, 1.165) is 11.1 Å². The molecular formula is C17H22O3. The number of phenolic OH excluding ortho intramolecular Hbond substituents is 1. The minimum atomic E-state index is -0.610. The molecular weight excluding hydrogens is 252 g/mol. The highest BCUT2D eigenvalue weighted by atomic mass is 17.1. The van der Waals surface area contributed by atoms with E-state index in [2.05, 4.69) is 4.89 Å². The topological polar surface area (TPSA) is 49.7 Å². The number of benzene rings is 2. The standard InChI is InChI=1S/C9H12O2.C8H10O/c1-9(2,11-10)8-6-4-3-5-7-8;1-6-3-4-8(9)7(2)5-6/h3-7,10H,1-2H3;3-5,9H,1-2H3. The summed E-state index contributed by atoms with van der Waals surface area (Å²) in [6, 6.07) is 15.1. The second-order valence-electron chi connectivity index (χ2n) is 5.26. The Labute approximate surface area is 120 Å². The molecule has 3 nitrogen and oxygen atoms in total. The van der Waals surface area contributed by atoms with Crippen molar-refractivity contribution in [2.45, 2.75) is 33.3 Å². The first kappa shape index (κ1) is 16.2. The summed E-state index contributed by atoms with van der Waals surface area (Å²) in [5, 5.41) is 17.6. The fourth-order valence-electron chi connectivity index (χ4n) is 1.70. The van der Waals surface area contributed by atoms with Crippen LogP contribution in [0.25, 0.3) is 0 Å². The molecule has 0 saturated carbocycles. The average Bonchev–Trinajstić information content (AvgIpc) is 2.45. The number of aromatic hydroxyl groups is 1. The first-order valence-electron chi connectivity index (χ1n) is 6.51. The highest BCUT2D eigenvalue weighted by molar-refractivity contribution is 5.34. The van der Waals surface area contributed by atoms with Crippen LogP contribution >= 0.6 is 0 Å². The molecule has 2 aromatic carbocycles. The molecule has 0 aliphatic rings. The van der Waals surface area contributed by atoms with Crippen molar-refractivity contribution in [2.75, 3.05) is 0 Å². The molecule has 0 aliphatic carbocycles. The van der Waals surface area contributed by atoms with Gasteiger partial charge in [-0.3, -0.25) is 5.26 Å². The van der Waals surface area contributed by atoms with Crippen LogP contribution in [0.15, 0.2) is 48.5 Å². The van der Waals surface area contributed by atoms with Crippen molar-refractivity contribution in [1.82, 2.24) is 0 Å². The molecule has 0 bridgehead atoms. The van der Waals surface area contributed by atoms with Crippen molar-refractivity contribution < 1.29 is 15.3 Å². The number of aryl methyl sites for hydroxylation is 2. The Kier molecular flexibility index (Phi) is 5.74. The first-order valence-corrected chi connectivity index (χ1v) is 6.51. The normalized spacial score (nSPS) is 10.7. The summed E-state index contributed by atoms with van der Waals surface area (Å²) in [5.41, 5.74) is 2.48. The van der Waals surface area contributed by atoms with Gasteiger partial charge in [0.2, 0.25) is 0 Å². The predicted molar refractivity (Wildman–Crippen MR) is 80.8 cm³/mol. The molecule has 2 aromatic rings. The van der Waals surface area contributed by atoms with Crippen molar-refractivity contribution in [3.63, 3.8) is 0 Å². The average molecular weight is 274 g/mol. The maximum absolute atomic E-state index is 9.04. The molecule has 0 aliphatic heterocycles. The van der Waals surface area contributed by atoms with Crippen molar-refractivity contribution in [1.29, 1.82) is 0 Å². The summed E-state index contributed by atoms with van der Waals surface area (Å²) in [7, 11) is 0. The van der Waals surface area contributed by atoms with Crippen LogP contribution in [0, 0.1) is 13.8 Å².